The molecule has 0 radical (unpaired) electrons. The molecule has 3 fully saturated rings. The van der Waals surface area contributed by atoms with Crippen LogP contribution in [0.25, 0.3) is 0 Å². The average Bonchev–Trinajstić information content (AvgIpc) is 3.87. The second kappa shape index (κ2) is 20.2. The monoisotopic (exact) mass is 759 g/mol. The Labute approximate surface area is 326 Å². The zero-order valence-corrected chi connectivity index (χ0v) is 33.1. The van der Waals surface area contributed by atoms with Gasteiger partial charge in [-0.25, -0.2) is 0 Å². The highest BCUT2D eigenvalue weighted by Gasteiger charge is 2.51. The van der Waals surface area contributed by atoms with Gasteiger partial charge in [-0.1, -0.05) is 80.9 Å². The lowest BCUT2D eigenvalue weighted by atomic mass is 9.92. The number of hydrogen-bond acceptors (Lipinski definition) is 8. The molecule has 0 aliphatic carbocycles. The fraction of sp³-hybridized carbons (Fsp3) is 0.605. The maximum Gasteiger partial charge on any atom is 0.246 e. The Morgan fingerprint density at radius 2 is 1.53 bits per heavy atom. The first kappa shape index (κ1) is 42.0. The zero-order valence-electron chi connectivity index (χ0n) is 33.1. The quantitative estimate of drug-likeness (QED) is 0.129. The summed E-state index contributed by atoms with van der Waals surface area (Å²) in [5.41, 5.74) is 0.994. The molecule has 4 unspecified atom stereocenters. The van der Waals surface area contributed by atoms with Crippen molar-refractivity contribution < 1.29 is 33.4 Å². The first-order chi connectivity index (χ1) is 26.4. The molecule has 0 spiro atoms. The predicted octanol–water partition coefficient (Wildman–Crippen LogP) is 3.60. The Bertz CT molecular complexity index is 1580. The Kier molecular flexibility index (Phi) is 15.4. The lowest BCUT2D eigenvalue weighted by molar-refractivity contribution is -0.142. The largest absolute Gasteiger partial charge is 0.379 e. The van der Waals surface area contributed by atoms with Gasteiger partial charge in [0, 0.05) is 32.0 Å². The van der Waals surface area contributed by atoms with E-state index in [1.165, 1.54) is 0 Å². The van der Waals surface area contributed by atoms with Crippen LogP contribution in [-0.2, 0) is 46.3 Å². The molecule has 300 valence electrons. The summed E-state index contributed by atoms with van der Waals surface area (Å²) in [5, 5.41) is 8.92. The molecule has 3 N–H and O–H groups in total. The molecular formula is C43H61N5O7. The first-order valence-electron chi connectivity index (χ1n) is 20.2. The van der Waals surface area contributed by atoms with Crippen molar-refractivity contribution in [2.75, 3.05) is 39.5 Å². The van der Waals surface area contributed by atoms with E-state index in [4.69, 9.17) is 9.47 Å². The molecule has 2 aromatic carbocycles. The highest BCUT2D eigenvalue weighted by Crippen LogP contribution is 2.30. The number of ketones is 1. The van der Waals surface area contributed by atoms with E-state index in [0.717, 1.165) is 63.2 Å². The molecule has 2 aromatic rings. The van der Waals surface area contributed by atoms with Gasteiger partial charge in [-0.15, -0.1) is 0 Å². The Morgan fingerprint density at radius 3 is 2.16 bits per heavy atom. The van der Waals surface area contributed by atoms with Gasteiger partial charge < -0.3 is 30.3 Å². The Hall–Kier alpha value is -4.13. The second-order valence-electron chi connectivity index (χ2n) is 16.1. The number of carbonyl (C=O) groups excluding carboxylic acids is 5. The third kappa shape index (κ3) is 12.4. The van der Waals surface area contributed by atoms with E-state index in [2.05, 4.69) is 20.9 Å². The van der Waals surface area contributed by atoms with Crippen molar-refractivity contribution >= 4 is 29.4 Å². The summed E-state index contributed by atoms with van der Waals surface area (Å²) < 4.78 is 10.9. The number of Topliss-reactive ketones (excluding diaryl/α,β-unsaturated/α-hetero) is 1. The van der Waals surface area contributed by atoms with Crippen LogP contribution in [0.15, 0.2) is 60.7 Å². The first-order valence-corrected chi connectivity index (χ1v) is 20.2. The number of aryl methyl sites for hydroxylation is 1. The smallest absolute Gasteiger partial charge is 0.246 e. The maximum atomic E-state index is 14.2. The van der Waals surface area contributed by atoms with E-state index < -0.39 is 41.6 Å². The number of ether oxygens (including phenoxy) is 2. The van der Waals surface area contributed by atoms with Crippen molar-refractivity contribution in [2.45, 2.75) is 121 Å². The lowest BCUT2D eigenvalue weighted by Crippen LogP contribution is -2.57. The van der Waals surface area contributed by atoms with Crippen LogP contribution in [0.5, 0.6) is 0 Å². The third-order valence-electron chi connectivity index (χ3n) is 11.0. The normalized spacial score (nSPS) is 22.9. The van der Waals surface area contributed by atoms with Gasteiger partial charge in [0.25, 0.3) is 0 Å². The molecular weight excluding hydrogens is 699 g/mol. The standard InChI is InChI=1S/C43H61N5O7/c1-30(2)26-35(39(50)43(4)29-55-43)45-41(52)37(28-33-16-10-6-11-17-33)48-31(3)27-36(42(48)53)46-40(51)34(20-19-32-14-8-5-9-15-32)44-38(49)18-12-7-13-21-47-22-24-54-25-23-47/h5-6,8-11,14-17,30-31,34-37H,7,12-13,18-29H2,1-4H3,(H,44,49)(H,45,52)(H,46,51)/t31?,34-,35?,36?,37-,43?/m0/s1. The van der Waals surface area contributed by atoms with Crippen LogP contribution in [0.3, 0.4) is 0 Å². The third-order valence-corrected chi connectivity index (χ3v) is 11.0. The summed E-state index contributed by atoms with van der Waals surface area (Å²) >= 11 is 0. The number of unbranched alkanes of at least 4 members (excludes halogenated alkanes) is 2. The number of likely N-dealkylation sites (tertiary alicyclic amines) is 1. The van der Waals surface area contributed by atoms with Crippen LogP contribution in [0, 0.1) is 5.92 Å². The number of hydrogen-bond donors (Lipinski definition) is 3. The van der Waals surface area contributed by atoms with Crippen LogP contribution in [-0.4, -0.2) is 114 Å². The summed E-state index contributed by atoms with van der Waals surface area (Å²) in [5.74, 6) is -1.44. The minimum absolute atomic E-state index is 0.131. The van der Waals surface area contributed by atoms with Crippen molar-refractivity contribution in [3.05, 3.63) is 71.8 Å². The summed E-state index contributed by atoms with van der Waals surface area (Å²) in [6, 6.07) is 15.5. The fourth-order valence-electron chi connectivity index (χ4n) is 7.66. The summed E-state index contributed by atoms with van der Waals surface area (Å²) in [7, 11) is 0. The minimum atomic E-state index is -0.918. The van der Waals surface area contributed by atoms with Crippen molar-refractivity contribution in [3.8, 4) is 0 Å². The van der Waals surface area contributed by atoms with E-state index in [9.17, 15) is 24.0 Å². The maximum absolute atomic E-state index is 14.2. The SMILES string of the molecule is CC(C)CC(NC(=O)[C@H](Cc1ccccc1)N1C(=O)C(NC(=O)[C@H](CCc2ccccc2)NC(=O)CCCCCN2CCOCC2)CC1C)C(=O)C1(C)CO1. The molecule has 55 heavy (non-hydrogen) atoms. The van der Waals surface area contributed by atoms with Gasteiger partial charge in [0.15, 0.2) is 5.78 Å². The average molecular weight is 760 g/mol. The second-order valence-corrected chi connectivity index (χ2v) is 16.1. The van der Waals surface area contributed by atoms with Gasteiger partial charge in [-0.3, -0.25) is 28.9 Å². The number of amides is 4. The Balaban J connectivity index is 1.25. The number of nitrogens with zero attached hydrogens (tertiary/aromatic N) is 2. The number of nitrogens with one attached hydrogen (secondary N) is 3. The molecule has 0 saturated carbocycles. The van der Waals surface area contributed by atoms with Gasteiger partial charge >= 0.3 is 0 Å². The molecule has 3 saturated heterocycles. The Morgan fingerprint density at radius 1 is 0.873 bits per heavy atom. The number of benzene rings is 2. The predicted molar refractivity (Wildman–Crippen MR) is 210 cm³/mol. The molecule has 4 amide bonds. The number of rotatable bonds is 21. The number of morpholine rings is 1. The molecule has 0 aromatic heterocycles. The van der Waals surface area contributed by atoms with Crippen LogP contribution < -0.4 is 16.0 Å². The van der Waals surface area contributed by atoms with Crippen LogP contribution in [0.4, 0.5) is 0 Å². The van der Waals surface area contributed by atoms with E-state index >= 15 is 0 Å². The van der Waals surface area contributed by atoms with Crippen LogP contribution in [0.1, 0.15) is 83.8 Å². The van der Waals surface area contributed by atoms with Crippen molar-refractivity contribution in [3.63, 3.8) is 0 Å². The summed E-state index contributed by atoms with van der Waals surface area (Å²) in [6.07, 6.45) is 4.85. The highest BCUT2D eigenvalue weighted by atomic mass is 16.6. The van der Waals surface area contributed by atoms with Crippen molar-refractivity contribution in [1.29, 1.82) is 0 Å². The van der Waals surface area contributed by atoms with Gasteiger partial charge in [0.2, 0.25) is 23.6 Å². The van der Waals surface area contributed by atoms with Gasteiger partial charge in [0.1, 0.15) is 23.7 Å². The van der Waals surface area contributed by atoms with Gasteiger partial charge in [-0.2, -0.15) is 0 Å². The molecule has 3 aliphatic rings. The van der Waals surface area contributed by atoms with Crippen molar-refractivity contribution in [1.82, 2.24) is 25.8 Å². The van der Waals surface area contributed by atoms with Gasteiger partial charge in [-0.05, 0) is 76.0 Å². The van der Waals surface area contributed by atoms with E-state index in [1.807, 2.05) is 81.4 Å². The van der Waals surface area contributed by atoms with Gasteiger partial charge in [0.05, 0.1) is 25.9 Å². The summed E-state index contributed by atoms with van der Waals surface area (Å²) in [4.78, 5) is 73.0. The lowest BCUT2D eigenvalue weighted by Gasteiger charge is -2.33. The molecule has 6 atom stereocenters. The zero-order chi connectivity index (χ0) is 39.4. The molecule has 3 aliphatic heterocycles. The minimum Gasteiger partial charge on any atom is -0.379 e. The van der Waals surface area contributed by atoms with Crippen molar-refractivity contribution in [2.24, 2.45) is 5.92 Å². The topological polar surface area (TPSA) is 150 Å². The van der Waals surface area contributed by atoms with E-state index in [-0.39, 0.29) is 36.0 Å². The molecule has 12 heteroatoms. The van der Waals surface area contributed by atoms with Crippen LogP contribution in [0.2, 0.25) is 0 Å². The highest BCUT2D eigenvalue weighted by molar-refractivity contribution is 5.99. The van der Waals surface area contributed by atoms with Crippen LogP contribution >= 0.6 is 0 Å². The molecule has 3 heterocycles. The number of carbonyl (C=O) groups is 5. The molecule has 0 bridgehead atoms. The molecule has 12 nitrogen and oxygen atoms in total. The molecule has 5 rings (SSSR count). The number of epoxide rings is 1. The fourth-order valence-corrected chi connectivity index (χ4v) is 7.66. The van der Waals surface area contributed by atoms with E-state index in [1.54, 1.807) is 11.8 Å². The van der Waals surface area contributed by atoms with E-state index in [0.29, 0.717) is 38.7 Å². The summed E-state index contributed by atoms with van der Waals surface area (Å²) in [6.45, 7) is 12.3.